The van der Waals surface area contributed by atoms with Gasteiger partial charge in [0.2, 0.25) is 5.88 Å². The molecule has 3 aromatic heterocycles. The summed E-state index contributed by atoms with van der Waals surface area (Å²) in [5.41, 5.74) is 8.60. The number of nitrogens with one attached hydrogen (secondary N) is 1. The zero-order valence-corrected chi connectivity index (χ0v) is 19.7. The number of aromatic nitrogens is 3. The summed E-state index contributed by atoms with van der Waals surface area (Å²) in [6, 6.07) is 5.54. The Morgan fingerprint density at radius 1 is 1.09 bits per heavy atom. The van der Waals surface area contributed by atoms with Crippen molar-refractivity contribution in [2.24, 2.45) is 11.7 Å². The quantitative estimate of drug-likeness (QED) is 0.516. The minimum absolute atomic E-state index is 0.00955. The number of hydrogen-bond donors (Lipinski definition) is 2. The molecule has 4 heterocycles. The maximum Gasteiger partial charge on any atom is 0.340 e. The second-order valence-electron chi connectivity index (χ2n) is 10.1. The van der Waals surface area contributed by atoms with Crippen LogP contribution in [0.2, 0.25) is 0 Å². The molecule has 3 aliphatic rings. The molecule has 176 valence electrons. The van der Waals surface area contributed by atoms with E-state index < -0.39 is 5.54 Å². The Balaban J connectivity index is 1.39. The highest BCUT2D eigenvalue weighted by molar-refractivity contribution is 5.93. The topological polar surface area (TPSA) is 112 Å². The number of ether oxygens (including phenoxy) is 2. The summed E-state index contributed by atoms with van der Waals surface area (Å²) in [7, 11) is 0. The van der Waals surface area contributed by atoms with E-state index in [9.17, 15) is 4.79 Å². The highest BCUT2D eigenvalue weighted by Gasteiger charge is 2.41. The molecular formula is C26H29N5O3. The monoisotopic (exact) mass is 459 g/mol. The number of fused-ring (bicyclic) bond motifs is 2. The number of rotatable bonds is 6. The van der Waals surface area contributed by atoms with Crippen LogP contribution in [0, 0.1) is 5.92 Å². The highest BCUT2D eigenvalue weighted by Crippen LogP contribution is 2.46. The molecule has 2 aliphatic carbocycles. The Morgan fingerprint density at radius 3 is 2.62 bits per heavy atom. The third-order valence-corrected chi connectivity index (χ3v) is 7.37. The predicted octanol–water partition coefficient (Wildman–Crippen LogP) is 4.56. The molecule has 0 spiro atoms. The number of carbonyl (C=O) groups excluding carboxylic acids is 1. The van der Waals surface area contributed by atoms with Gasteiger partial charge in [-0.05, 0) is 74.6 Å². The van der Waals surface area contributed by atoms with E-state index in [0.29, 0.717) is 29.0 Å². The lowest BCUT2D eigenvalue weighted by Crippen LogP contribution is -2.35. The lowest BCUT2D eigenvalue weighted by Gasteiger charge is -2.27. The third kappa shape index (κ3) is 3.66. The average molecular weight is 460 g/mol. The first kappa shape index (κ1) is 21.3. The molecule has 8 heteroatoms. The number of hydrogen-bond acceptors (Lipinski definition) is 8. The standard InChI is InChI=1S/C26H29N5O3/c1-13-14(2)33-25(32)17-8-9-21(31-23(13)17)30-22-10-18-19(11-28-22)24(34-16-6-7-16)29-12-20(18)26(3,27)15-4-5-15/h8-16H,4-7,27H2,1-3H3,(H,28,30,31)/t13-,14+,26?/m1/s1. The van der Waals surface area contributed by atoms with Gasteiger partial charge in [0.15, 0.2) is 0 Å². The van der Waals surface area contributed by atoms with Crippen LogP contribution in [0.3, 0.4) is 0 Å². The van der Waals surface area contributed by atoms with Crippen molar-refractivity contribution in [2.75, 3.05) is 5.32 Å². The smallest absolute Gasteiger partial charge is 0.340 e. The fourth-order valence-corrected chi connectivity index (χ4v) is 4.70. The summed E-state index contributed by atoms with van der Waals surface area (Å²) in [5.74, 6) is 2.02. The normalized spacial score (nSPS) is 23.7. The largest absolute Gasteiger partial charge is 0.474 e. The van der Waals surface area contributed by atoms with Gasteiger partial charge in [-0.2, -0.15) is 0 Å². The van der Waals surface area contributed by atoms with Crippen molar-refractivity contribution < 1.29 is 14.3 Å². The minimum atomic E-state index is -0.474. The van der Waals surface area contributed by atoms with Crippen molar-refractivity contribution in [1.29, 1.82) is 0 Å². The van der Waals surface area contributed by atoms with Crippen LogP contribution in [0.5, 0.6) is 5.88 Å². The Hall–Kier alpha value is -3.26. The van der Waals surface area contributed by atoms with Crippen LogP contribution in [-0.2, 0) is 10.3 Å². The Labute approximate surface area is 198 Å². The van der Waals surface area contributed by atoms with Gasteiger partial charge < -0.3 is 20.5 Å². The van der Waals surface area contributed by atoms with Crippen LogP contribution >= 0.6 is 0 Å². The van der Waals surface area contributed by atoms with Gasteiger partial charge in [0.1, 0.15) is 23.8 Å². The molecule has 0 aromatic carbocycles. The molecule has 1 unspecified atom stereocenters. The second kappa shape index (κ2) is 7.63. The number of carbonyl (C=O) groups is 1. The first-order valence-electron chi connectivity index (χ1n) is 12.0. The number of pyridine rings is 3. The van der Waals surface area contributed by atoms with Crippen molar-refractivity contribution in [3.8, 4) is 5.88 Å². The summed E-state index contributed by atoms with van der Waals surface area (Å²) in [6.07, 6.45) is 8.07. The van der Waals surface area contributed by atoms with Gasteiger partial charge >= 0.3 is 5.97 Å². The van der Waals surface area contributed by atoms with Gasteiger partial charge in [-0.3, -0.25) is 0 Å². The van der Waals surface area contributed by atoms with Gasteiger partial charge in [-0.1, -0.05) is 6.92 Å². The van der Waals surface area contributed by atoms with Crippen molar-refractivity contribution >= 4 is 28.4 Å². The summed E-state index contributed by atoms with van der Waals surface area (Å²) in [5, 5.41) is 5.18. The van der Waals surface area contributed by atoms with E-state index in [1.54, 1.807) is 18.3 Å². The number of nitrogens with zero attached hydrogens (tertiary/aromatic N) is 3. The Morgan fingerprint density at radius 2 is 1.88 bits per heavy atom. The maximum absolute atomic E-state index is 12.2. The minimum Gasteiger partial charge on any atom is -0.474 e. The predicted molar refractivity (Wildman–Crippen MR) is 128 cm³/mol. The fourth-order valence-electron chi connectivity index (χ4n) is 4.70. The molecule has 34 heavy (non-hydrogen) atoms. The van der Waals surface area contributed by atoms with Gasteiger partial charge in [0.25, 0.3) is 0 Å². The first-order chi connectivity index (χ1) is 16.3. The SMILES string of the molecule is C[C@@H]1OC(=O)c2ccc(Nc3cc4c(C(C)(N)C5CC5)cnc(OC5CC5)c4cn3)nc2[C@@H]1C. The van der Waals surface area contributed by atoms with E-state index in [-0.39, 0.29) is 24.1 Å². The van der Waals surface area contributed by atoms with E-state index >= 15 is 0 Å². The number of esters is 1. The molecule has 8 nitrogen and oxygen atoms in total. The molecule has 0 bridgehead atoms. The third-order valence-electron chi connectivity index (χ3n) is 7.37. The van der Waals surface area contributed by atoms with Crippen LogP contribution in [0.15, 0.2) is 30.6 Å². The van der Waals surface area contributed by atoms with Crippen LogP contribution in [0.1, 0.15) is 74.0 Å². The fraction of sp³-hybridized carbons (Fsp3) is 0.462. The number of anilines is 2. The molecule has 2 saturated carbocycles. The molecule has 1 aliphatic heterocycles. The maximum atomic E-state index is 12.2. The highest BCUT2D eigenvalue weighted by atomic mass is 16.5. The lowest BCUT2D eigenvalue weighted by atomic mass is 9.86. The van der Waals surface area contributed by atoms with Crippen LogP contribution in [0.4, 0.5) is 11.6 Å². The van der Waals surface area contributed by atoms with Crippen molar-refractivity contribution in [1.82, 2.24) is 15.0 Å². The molecule has 0 amide bonds. The van der Waals surface area contributed by atoms with E-state index in [4.69, 9.17) is 20.2 Å². The van der Waals surface area contributed by atoms with Crippen molar-refractivity contribution in [2.45, 2.75) is 70.1 Å². The van der Waals surface area contributed by atoms with Crippen molar-refractivity contribution in [3.63, 3.8) is 0 Å². The van der Waals surface area contributed by atoms with Gasteiger partial charge in [0.05, 0.1) is 16.6 Å². The van der Waals surface area contributed by atoms with Gasteiger partial charge in [0, 0.05) is 23.9 Å². The molecular weight excluding hydrogens is 430 g/mol. The molecule has 0 radical (unpaired) electrons. The molecule has 2 fully saturated rings. The van der Waals surface area contributed by atoms with E-state index in [1.165, 1.54) is 0 Å². The summed E-state index contributed by atoms with van der Waals surface area (Å²) < 4.78 is 11.5. The first-order valence-corrected chi connectivity index (χ1v) is 12.0. The molecule has 3 aromatic rings. The number of cyclic esters (lactones) is 1. The summed E-state index contributed by atoms with van der Waals surface area (Å²) >= 11 is 0. The lowest BCUT2D eigenvalue weighted by molar-refractivity contribution is 0.0235. The van der Waals surface area contributed by atoms with E-state index in [0.717, 1.165) is 47.7 Å². The van der Waals surface area contributed by atoms with Crippen LogP contribution in [-0.4, -0.2) is 33.1 Å². The van der Waals surface area contributed by atoms with Gasteiger partial charge in [-0.25, -0.2) is 19.7 Å². The van der Waals surface area contributed by atoms with Crippen LogP contribution in [0.25, 0.3) is 10.8 Å². The zero-order valence-electron chi connectivity index (χ0n) is 19.7. The molecule has 6 rings (SSSR count). The number of nitrogens with two attached hydrogens (primary N) is 1. The van der Waals surface area contributed by atoms with E-state index in [2.05, 4.69) is 22.2 Å². The van der Waals surface area contributed by atoms with Crippen molar-refractivity contribution in [3.05, 3.63) is 47.4 Å². The summed E-state index contributed by atoms with van der Waals surface area (Å²) in [6.45, 7) is 5.99. The van der Waals surface area contributed by atoms with Gasteiger partial charge in [-0.15, -0.1) is 0 Å². The summed E-state index contributed by atoms with van der Waals surface area (Å²) in [4.78, 5) is 26.2. The average Bonchev–Trinajstić information content (AvgIpc) is 3.71. The molecule has 3 atom stereocenters. The molecule has 0 saturated heterocycles. The second-order valence-corrected chi connectivity index (χ2v) is 10.1. The van der Waals surface area contributed by atoms with E-state index in [1.807, 2.05) is 26.1 Å². The van der Waals surface area contributed by atoms with Crippen LogP contribution < -0.4 is 15.8 Å². The Bertz CT molecular complexity index is 1300. The zero-order chi connectivity index (χ0) is 23.6. The molecule has 3 N–H and O–H groups in total. The Kier molecular flexibility index (Phi) is 4.78.